The van der Waals surface area contributed by atoms with E-state index in [4.69, 9.17) is 0 Å². The van der Waals surface area contributed by atoms with E-state index in [-0.39, 0.29) is 0 Å². The van der Waals surface area contributed by atoms with Crippen LogP contribution in [0, 0.1) is 11.8 Å². The Kier molecular flexibility index (Phi) is 4.67. The summed E-state index contributed by atoms with van der Waals surface area (Å²) in [5, 5.41) is 3.70. The second-order valence-electron chi connectivity index (χ2n) is 4.74. The average Bonchev–Trinajstić information content (AvgIpc) is 2.16. The normalized spacial score (nSPS) is 32.5. The van der Waals surface area contributed by atoms with Gasteiger partial charge in [-0.3, -0.25) is 0 Å². The molecule has 1 N–H and O–H groups in total. The zero-order valence-electron chi connectivity index (χ0n) is 10.1. The van der Waals surface area contributed by atoms with Crippen LogP contribution < -0.4 is 5.32 Å². The third-order valence-corrected chi connectivity index (χ3v) is 3.33. The minimum atomic E-state index is 0.609. The van der Waals surface area contributed by atoms with Gasteiger partial charge in [-0.15, -0.1) is 0 Å². The van der Waals surface area contributed by atoms with Crippen LogP contribution in [0.5, 0.6) is 0 Å². The molecule has 0 aliphatic heterocycles. The lowest BCUT2D eigenvalue weighted by molar-refractivity contribution is 0.246. The van der Waals surface area contributed by atoms with E-state index in [0.717, 1.165) is 11.8 Å². The second-order valence-corrected chi connectivity index (χ2v) is 4.74. The van der Waals surface area contributed by atoms with E-state index in [1.54, 1.807) is 0 Å². The van der Waals surface area contributed by atoms with Gasteiger partial charge in [-0.1, -0.05) is 46.3 Å². The molecule has 1 nitrogen and oxygen atoms in total. The highest BCUT2D eigenvalue weighted by Crippen LogP contribution is 2.30. The zero-order valence-corrected chi connectivity index (χ0v) is 10.1. The molecule has 1 aliphatic rings. The van der Waals surface area contributed by atoms with Crippen molar-refractivity contribution >= 4 is 0 Å². The van der Waals surface area contributed by atoms with Gasteiger partial charge in [-0.05, 0) is 24.7 Å². The molecule has 3 unspecified atom stereocenters. The van der Waals surface area contributed by atoms with Crippen LogP contribution >= 0.6 is 0 Å². The van der Waals surface area contributed by atoms with Crippen LogP contribution in [0.1, 0.15) is 47.0 Å². The van der Waals surface area contributed by atoms with Crippen LogP contribution in [0.25, 0.3) is 0 Å². The van der Waals surface area contributed by atoms with Crippen LogP contribution in [-0.2, 0) is 0 Å². The van der Waals surface area contributed by atoms with Gasteiger partial charge in [0, 0.05) is 12.1 Å². The summed E-state index contributed by atoms with van der Waals surface area (Å²) < 4.78 is 0. The van der Waals surface area contributed by atoms with Gasteiger partial charge in [0.15, 0.2) is 0 Å². The maximum atomic E-state index is 3.70. The molecule has 0 heterocycles. The van der Waals surface area contributed by atoms with Gasteiger partial charge in [0.25, 0.3) is 0 Å². The van der Waals surface area contributed by atoms with Gasteiger partial charge in [-0.2, -0.15) is 0 Å². The number of hydrogen-bond donors (Lipinski definition) is 1. The molecule has 1 aliphatic carbocycles. The van der Waals surface area contributed by atoms with E-state index in [1.807, 2.05) is 0 Å². The summed E-state index contributed by atoms with van der Waals surface area (Å²) >= 11 is 0. The molecule has 0 spiro atoms. The van der Waals surface area contributed by atoms with Gasteiger partial charge in [0.2, 0.25) is 0 Å². The third kappa shape index (κ3) is 2.84. The molecule has 3 atom stereocenters. The molecule has 0 aromatic rings. The fraction of sp³-hybridized carbons (Fsp3) is 0.846. The van der Waals surface area contributed by atoms with Gasteiger partial charge in [0.05, 0.1) is 0 Å². The molecule has 14 heavy (non-hydrogen) atoms. The highest BCUT2D eigenvalue weighted by atomic mass is 14.9. The van der Waals surface area contributed by atoms with Crippen molar-refractivity contribution < 1.29 is 0 Å². The van der Waals surface area contributed by atoms with Gasteiger partial charge in [-0.25, -0.2) is 0 Å². The van der Waals surface area contributed by atoms with Gasteiger partial charge < -0.3 is 5.32 Å². The van der Waals surface area contributed by atoms with E-state index in [1.165, 1.54) is 19.3 Å². The summed E-state index contributed by atoms with van der Waals surface area (Å²) in [6.07, 6.45) is 8.58. The van der Waals surface area contributed by atoms with Crippen LogP contribution in [0.2, 0.25) is 0 Å². The van der Waals surface area contributed by atoms with Crippen molar-refractivity contribution in [1.29, 1.82) is 0 Å². The highest BCUT2D eigenvalue weighted by molar-refractivity contribution is 5.02. The van der Waals surface area contributed by atoms with Crippen molar-refractivity contribution in [1.82, 2.24) is 5.32 Å². The van der Waals surface area contributed by atoms with E-state index in [9.17, 15) is 0 Å². The lowest BCUT2D eigenvalue weighted by Gasteiger charge is -2.35. The predicted octanol–water partition coefficient (Wildman–Crippen LogP) is 3.37. The molecule has 0 bridgehead atoms. The Labute approximate surface area is 89.0 Å². The van der Waals surface area contributed by atoms with Gasteiger partial charge in [0.1, 0.15) is 0 Å². The minimum absolute atomic E-state index is 0.609. The molecule has 0 radical (unpaired) electrons. The van der Waals surface area contributed by atoms with Gasteiger partial charge >= 0.3 is 0 Å². The molecular weight excluding hydrogens is 170 g/mol. The fourth-order valence-corrected chi connectivity index (χ4v) is 2.66. The molecule has 0 saturated carbocycles. The summed E-state index contributed by atoms with van der Waals surface area (Å²) in [7, 11) is 0. The van der Waals surface area contributed by atoms with Crippen LogP contribution in [0.4, 0.5) is 0 Å². The summed E-state index contributed by atoms with van der Waals surface area (Å²) in [6, 6.07) is 1.31. The Hall–Kier alpha value is -0.300. The molecule has 0 aromatic heterocycles. The Morgan fingerprint density at radius 1 is 1.29 bits per heavy atom. The lowest BCUT2D eigenvalue weighted by atomic mass is 9.77. The first-order valence-corrected chi connectivity index (χ1v) is 6.11. The summed E-state index contributed by atoms with van der Waals surface area (Å²) in [6.45, 7) is 9.11. The Balaban J connectivity index is 2.61. The minimum Gasteiger partial charge on any atom is -0.311 e. The fourth-order valence-electron chi connectivity index (χ4n) is 2.66. The first-order valence-electron chi connectivity index (χ1n) is 6.11. The Morgan fingerprint density at radius 2 is 2.00 bits per heavy atom. The molecule has 1 rings (SSSR count). The second kappa shape index (κ2) is 5.55. The summed E-state index contributed by atoms with van der Waals surface area (Å²) in [5.41, 5.74) is 0. The Morgan fingerprint density at radius 3 is 2.50 bits per heavy atom. The lowest BCUT2D eigenvalue weighted by Crippen LogP contribution is -2.43. The monoisotopic (exact) mass is 195 g/mol. The van der Waals surface area contributed by atoms with Crippen molar-refractivity contribution in [2.45, 2.75) is 59.0 Å². The largest absolute Gasteiger partial charge is 0.311 e. The zero-order chi connectivity index (χ0) is 10.6. The first kappa shape index (κ1) is 11.8. The number of nitrogens with one attached hydrogen (secondary N) is 1. The smallest absolute Gasteiger partial charge is 0.0138 e. The molecular formula is C13H25N. The van der Waals surface area contributed by atoms with Crippen LogP contribution in [-0.4, -0.2) is 12.1 Å². The molecule has 0 saturated heterocycles. The van der Waals surface area contributed by atoms with Crippen LogP contribution in [0.3, 0.4) is 0 Å². The topological polar surface area (TPSA) is 12.0 Å². The SMILES string of the molecule is CCC1C=CCC(NC(C)C)C1CC. The number of allylic oxidation sites excluding steroid dienone is 1. The van der Waals surface area contributed by atoms with E-state index in [2.05, 4.69) is 45.2 Å². The van der Waals surface area contributed by atoms with Crippen molar-refractivity contribution in [2.75, 3.05) is 0 Å². The van der Waals surface area contributed by atoms with E-state index >= 15 is 0 Å². The molecule has 0 amide bonds. The maximum Gasteiger partial charge on any atom is 0.0138 e. The molecule has 82 valence electrons. The third-order valence-electron chi connectivity index (χ3n) is 3.33. The standard InChI is InChI=1S/C13H25N/c1-5-11-8-7-9-13(12(11)6-2)14-10(3)4/h7-8,10-14H,5-6,9H2,1-4H3. The van der Waals surface area contributed by atoms with E-state index < -0.39 is 0 Å². The Bertz CT molecular complexity index is 184. The number of hydrogen-bond acceptors (Lipinski definition) is 1. The van der Waals surface area contributed by atoms with E-state index in [0.29, 0.717) is 12.1 Å². The quantitative estimate of drug-likeness (QED) is 0.678. The van der Waals surface area contributed by atoms with Crippen LogP contribution in [0.15, 0.2) is 12.2 Å². The highest BCUT2D eigenvalue weighted by Gasteiger charge is 2.27. The summed E-state index contributed by atoms with van der Waals surface area (Å²) in [4.78, 5) is 0. The van der Waals surface area contributed by atoms with Crippen molar-refractivity contribution in [3.8, 4) is 0 Å². The molecule has 0 aromatic carbocycles. The maximum absolute atomic E-state index is 3.70. The summed E-state index contributed by atoms with van der Waals surface area (Å²) in [5.74, 6) is 1.64. The number of rotatable bonds is 4. The van der Waals surface area contributed by atoms with Crippen molar-refractivity contribution in [3.63, 3.8) is 0 Å². The van der Waals surface area contributed by atoms with Crippen molar-refractivity contribution in [2.24, 2.45) is 11.8 Å². The molecule has 1 heteroatoms. The predicted molar refractivity (Wildman–Crippen MR) is 63.4 cm³/mol. The first-order chi connectivity index (χ1) is 6.69. The average molecular weight is 195 g/mol. The van der Waals surface area contributed by atoms with Crippen molar-refractivity contribution in [3.05, 3.63) is 12.2 Å². The molecule has 0 fully saturated rings.